The molecule has 9 aromatic carbocycles. The van der Waals surface area contributed by atoms with Gasteiger partial charge in [0.15, 0.2) is 0 Å². The van der Waals surface area contributed by atoms with Crippen molar-refractivity contribution in [2.24, 2.45) is 0 Å². The molecule has 0 amide bonds. The van der Waals surface area contributed by atoms with E-state index in [1.807, 2.05) is 11.3 Å². The first-order chi connectivity index (χ1) is 24.8. The molecule has 0 N–H and O–H groups in total. The molecule has 0 saturated heterocycles. The van der Waals surface area contributed by atoms with Crippen LogP contribution < -0.4 is 4.90 Å². The second-order valence-electron chi connectivity index (χ2n) is 13.0. The Morgan fingerprint density at radius 1 is 0.300 bits per heavy atom. The zero-order valence-electron chi connectivity index (χ0n) is 27.3. The number of hydrogen-bond acceptors (Lipinski definition) is 2. The number of anilines is 3. The second kappa shape index (κ2) is 11.7. The highest BCUT2D eigenvalue weighted by atomic mass is 32.1. The molecular formula is C48H31NS. The number of rotatable bonds is 5. The fraction of sp³-hybridized carbons (Fsp3) is 0. The molecule has 234 valence electrons. The van der Waals surface area contributed by atoms with Gasteiger partial charge < -0.3 is 4.90 Å². The smallest absolute Gasteiger partial charge is 0.0546 e. The number of hydrogen-bond donors (Lipinski definition) is 0. The van der Waals surface area contributed by atoms with Crippen molar-refractivity contribution in [3.8, 4) is 22.3 Å². The maximum absolute atomic E-state index is 2.44. The molecule has 1 heterocycles. The molecule has 0 aliphatic heterocycles. The van der Waals surface area contributed by atoms with Gasteiger partial charge in [0.05, 0.1) is 5.69 Å². The van der Waals surface area contributed by atoms with Gasteiger partial charge in [-0.2, -0.15) is 0 Å². The van der Waals surface area contributed by atoms with Gasteiger partial charge in [-0.15, -0.1) is 11.3 Å². The van der Waals surface area contributed by atoms with Crippen molar-refractivity contribution in [2.75, 3.05) is 4.90 Å². The maximum Gasteiger partial charge on any atom is 0.0546 e. The molecule has 1 aromatic heterocycles. The van der Waals surface area contributed by atoms with E-state index in [1.165, 1.54) is 80.4 Å². The lowest BCUT2D eigenvalue weighted by molar-refractivity contribution is 1.31. The molecule has 0 aliphatic carbocycles. The lowest BCUT2D eigenvalue weighted by Crippen LogP contribution is -2.10. The zero-order chi connectivity index (χ0) is 33.0. The van der Waals surface area contributed by atoms with Gasteiger partial charge in [0.2, 0.25) is 0 Å². The minimum Gasteiger partial charge on any atom is -0.310 e. The van der Waals surface area contributed by atoms with Crippen LogP contribution in [0.15, 0.2) is 188 Å². The fourth-order valence-electron chi connectivity index (χ4n) is 7.55. The molecule has 50 heavy (non-hydrogen) atoms. The first-order valence-corrected chi connectivity index (χ1v) is 17.9. The van der Waals surface area contributed by atoms with Gasteiger partial charge in [0, 0.05) is 36.9 Å². The minimum absolute atomic E-state index is 1.12. The maximum atomic E-state index is 2.44. The van der Waals surface area contributed by atoms with Crippen LogP contribution in [0.25, 0.3) is 74.7 Å². The lowest BCUT2D eigenvalue weighted by Gasteiger charge is -2.28. The zero-order valence-corrected chi connectivity index (χ0v) is 28.1. The highest BCUT2D eigenvalue weighted by Gasteiger charge is 2.19. The highest BCUT2D eigenvalue weighted by molar-refractivity contribution is 7.25. The minimum atomic E-state index is 1.12. The van der Waals surface area contributed by atoms with Crippen LogP contribution in [-0.4, -0.2) is 0 Å². The summed E-state index contributed by atoms with van der Waals surface area (Å²) in [5.74, 6) is 0. The second-order valence-corrected chi connectivity index (χ2v) is 14.0. The molecule has 0 atom stereocenters. The summed E-state index contributed by atoms with van der Waals surface area (Å²) in [6.45, 7) is 0. The molecule has 10 aromatic rings. The number of thiophene rings is 1. The predicted octanol–water partition coefficient (Wildman–Crippen LogP) is 14.3. The van der Waals surface area contributed by atoms with Crippen LogP contribution in [0.1, 0.15) is 0 Å². The number of nitrogens with zero attached hydrogens (tertiary/aromatic N) is 1. The van der Waals surface area contributed by atoms with Crippen molar-refractivity contribution in [3.63, 3.8) is 0 Å². The largest absolute Gasteiger partial charge is 0.310 e. The lowest BCUT2D eigenvalue weighted by atomic mass is 9.97. The van der Waals surface area contributed by atoms with E-state index in [0.29, 0.717) is 0 Å². The summed E-state index contributed by atoms with van der Waals surface area (Å²) in [7, 11) is 0. The average Bonchev–Trinajstić information content (AvgIpc) is 3.56. The van der Waals surface area contributed by atoms with E-state index in [9.17, 15) is 0 Å². The van der Waals surface area contributed by atoms with Crippen molar-refractivity contribution in [1.82, 2.24) is 0 Å². The summed E-state index contributed by atoms with van der Waals surface area (Å²) in [6, 6.07) is 68.8. The Labute approximate surface area is 294 Å². The van der Waals surface area contributed by atoms with Gasteiger partial charge in [-0.05, 0) is 104 Å². The van der Waals surface area contributed by atoms with E-state index in [2.05, 4.69) is 193 Å². The molecule has 0 aliphatic rings. The molecule has 0 saturated carbocycles. The molecule has 10 rings (SSSR count). The van der Waals surface area contributed by atoms with Crippen molar-refractivity contribution in [1.29, 1.82) is 0 Å². The number of fused-ring (bicyclic) bond motifs is 7. The first-order valence-electron chi connectivity index (χ1n) is 17.1. The Balaban J connectivity index is 1.12. The molecule has 2 heteroatoms. The predicted molar refractivity (Wildman–Crippen MR) is 217 cm³/mol. The molecule has 0 bridgehead atoms. The van der Waals surface area contributed by atoms with Crippen molar-refractivity contribution >= 4 is 80.9 Å². The molecule has 0 unspecified atom stereocenters. The monoisotopic (exact) mass is 653 g/mol. The SMILES string of the molecule is c1cc(-c2ccc(N(c3ccc4sc5ccccc5c4c3)c3cc4ccccc4c4ccccc34)cc2)cc(-c2ccc3ccccc3c2)c1. The van der Waals surface area contributed by atoms with Crippen molar-refractivity contribution in [2.45, 2.75) is 0 Å². The van der Waals surface area contributed by atoms with Crippen LogP contribution >= 0.6 is 11.3 Å². The van der Waals surface area contributed by atoms with E-state index in [4.69, 9.17) is 0 Å². The van der Waals surface area contributed by atoms with Crippen molar-refractivity contribution < 1.29 is 0 Å². The van der Waals surface area contributed by atoms with Gasteiger partial charge >= 0.3 is 0 Å². The van der Waals surface area contributed by atoms with Gasteiger partial charge in [-0.25, -0.2) is 0 Å². The third-order valence-corrected chi connectivity index (χ3v) is 11.2. The molecule has 1 nitrogen and oxygen atoms in total. The van der Waals surface area contributed by atoms with Crippen LogP contribution in [0.3, 0.4) is 0 Å². The summed E-state index contributed by atoms with van der Waals surface area (Å²) < 4.78 is 2.62. The fourth-order valence-corrected chi connectivity index (χ4v) is 8.64. The van der Waals surface area contributed by atoms with E-state index in [-0.39, 0.29) is 0 Å². The van der Waals surface area contributed by atoms with Gasteiger partial charge in [0.25, 0.3) is 0 Å². The Morgan fingerprint density at radius 3 is 1.74 bits per heavy atom. The normalized spacial score (nSPS) is 11.6. The Morgan fingerprint density at radius 2 is 0.900 bits per heavy atom. The van der Waals surface area contributed by atoms with E-state index >= 15 is 0 Å². The molecular weight excluding hydrogens is 623 g/mol. The third-order valence-electron chi connectivity index (χ3n) is 10.0. The van der Waals surface area contributed by atoms with Gasteiger partial charge in [-0.3, -0.25) is 0 Å². The van der Waals surface area contributed by atoms with Crippen LogP contribution in [0.5, 0.6) is 0 Å². The Hall–Kier alpha value is -6.22. The molecule has 0 spiro atoms. The summed E-state index contributed by atoms with van der Waals surface area (Å²) in [5, 5.41) is 10.1. The van der Waals surface area contributed by atoms with Gasteiger partial charge in [-0.1, -0.05) is 133 Å². The van der Waals surface area contributed by atoms with E-state index in [1.54, 1.807) is 0 Å². The summed E-state index contributed by atoms with van der Waals surface area (Å²) in [6.07, 6.45) is 0. The van der Waals surface area contributed by atoms with Crippen LogP contribution in [0.2, 0.25) is 0 Å². The quantitative estimate of drug-likeness (QED) is 0.167. The Bertz CT molecular complexity index is 2880. The molecule has 0 radical (unpaired) electrons. The van der Waals surface area contributed by atoms with Crippen molar-refractivity contribution in [3.05, 3.63) is 188 Å². The summed E-state index contributed by atoms with van der Waals surface area (Å²) in [4.78, 5) is 2.44. The summed E-state index contributed by atoms with van der Waals surface area (Å²) in [5.41, 5.74) is 8.29. The third kappa shape index (κ3) is 4.84. The summed E-state index contributed by atoms with van der Waals surface area (Å²) >= 11 is 1.86. The van der Waals surface area contributed by atoms with E-state index < -0.39 is 0 Å². The van der Waals surface area contributed by atoms with Crippen LogP contribution in [0, 0.1) is 0 Å². The molecule has 0 fully saturated rings. The topological polar surface area (TPSA) is 3.24 Å². The first kappa shape index (κ1) is 28.8. The Kier molecular flexibility index (Phi) is 6.75. The van der Waals surface area contributed by atoms with Gasteiger partial charge in [0.1, 0.15) is 0 Å². The van der Waals surface area contributed by atoms with E-state index in [0.717, 1.165) is 11.4 Å². The standard InChI is InChI=1S/C48H31NS/c1-2-11-34-29-37(21-20-32(34)10-1)36-14-9-13-35(28-36)33-22-24-39(25-23-33)49(40-26-27-48-45(31-40)44-18-7-8-19-47(44)50-48)46-30-38-12-3-4-15-41(38)42-16-5-6-17-43(42)46/h1-31H. The average molecular weight is 654 g/mol. The number of benzene rings is 9. The van der Waals surface area contributed by atoms with Crippen LogP contribution in [-0.2, 0) is 0 Å². The van der Waals surface area contributed by atoms with Crippen LogP contribution in [0.4, 0.5) is 17.1 Å². The highest BCUT2D eigenvalue weighted by Crippen LogP contribution is 2.45.